The van der Waals surface area contributed by atoms with Gasteiger partial charge in [-0.3, -0.25) is 4.90 Å². The maximum Gasteiger partial charge on any atom is 0.151 e. The van der Waals surface area contributed by atoms with Crippen molar-refractivity contribution in [3.05, 3.63) is 47.1 Å². The van der Waals surface area contributed by atoms with Crippen molar-refractivity contribution in [3.63, 3.8) is 0 Å². The lowest BCUT2D eigenvalue weighted by Gasteiger charge is -2.35. The number of nitrogens with zero attached hydrogens (tertiary/aromatic N) is 6. The van der Waals surface area contributed by atoms with E-state index in [0.29, 0.717) is 5.15 Å². The minimum Gasteiger partial charge on any atom is -0.353 e. The zero-order chi connectivity index (χ0) is 18.8. The van der Waals surface area contributed by atoms with Gasteiger partial charge in [0, 0.05) is 38.8 Å². The first-order valence-corrected chi connectivity index (χ1v) is 9.57. The highest BCUT2D eigenvalue weighted by Crippen LogP contribution is 2.18. The summed E-state index contributed by atoms with van der Waals surface area (Å²) in [4.78, 5) is 9.17. The number of imidazole rings is 1. The lowest BCUT2D eigenvalue weighted by molar-refractivity contribution is 0.250. The second-order valence-electron chi connectivity index (χ2n) is 6.84. The molecule has 27 heavy (non-hydrogen) atoms. The largest absolute Gasteiger partial charge is 0.353 e. The number of aromatic nitrogens is 4. The molecule has 0 saturated carbocycles. The van der Waals surface area contributed by atoms with Crippen molar-refractivity contribution in [1.29, 1.82) is 0 Å². The molecule has 1 aliphatic heterocycles. The number of hydrogen-bond acceptors (Lipinski definition) is 5. The summed E-state index contributed by atoms with van der Waals surface area (Å²) in [5.74, 6) is 1.57. The third-order valence-electron chi connectivity index (χ3n) is 5.07. The van der Waals surface area contributed by atoms with Gasteiger partial charge >= 0.3 is 0 Å². The van der Waals surface area contributed by atoms with Gasteiger partial charge in [0.1, 0.15) is 11.6 Å². The third kappa shape index (κ3) is 4.04. The predicted octanol–water partition coefficient (Wildman–Crippen LogP) is 3.14. The minimum absolute atomic E-state index is 0.240. The molecule has 0 atom stereocenters. The van der Waals surface area contributed by atoms with E-state index < -0.39 is 0 Å². The monoisotopic (exact) mass is 388 g/mol. The van der Waals surface area contributed by atoms with E-state index in [1.807, 2.05) is 19.1 Å². The van der Waals surface area contributed by atoms with Gasteiger partial charge in [0.2, 0.25) is 0 Å². The van der Waals surface area contributed by atoms with Crippen LogP contribution in [0.5, 0.6) is 0 Å². The molecule has 8 heteroatoms. The van der Waals surface area contributed by atoms with Gasteiger partial charge in [-0.25, -0.2) is 9.37 Å². The summed E-state index contributed by atoms with van der Waals surface area (Å²) in [6, 6.07) is 8.51. The first kappa shape index (κ1) is 18.1. The van der Waals surface area contributed by atoms with E-state index in [4.69, 9.17) is 11.6 Å². The van der Waals surface area contributed by atoms with E-state index in [-0.39, 0.29) is 5.82 Å². The van der Waals surface area contributed by atoms with E-state index in [1.54, 1.807) is 6.07 Å². The van der Waals surface area contributed by atoms with Gasteiger partial charge in [-0.15, -0.1) is 10.2 Å². The quantitative estimate of drug-likeness (QED) is 0.672. The molecule has 0 unspecified atom stereocenters. The Morgan fingerprint density at radius 3 is 2.59 bits per heavy atom. The number of aryl methyl sites for hydroxylation is 2. The summed E-state index contributed by atoms with van der Waals surface area (Å²) >= 11 is 5.80. The number of fused-ring (bicyclic) bond motifs is 1. The average Bonchev–Trinajstić information content (AvgIpc) is 2.97. The van der Waals surface area contributed by atoms with Gasteiger partial charge in [0.05, 0.1) is 11.0 Å². The van der Waals surface area contributed by atoms with Crippen molar-refractivity contribution in [3.8, 4) is 0 Å². The van der Waals surface area contributed by atoms with E-state index in [9.17, 15) is 4.39 Å². The molecule has 0 amide bonds. The fraction of sp³-hybridized carbons (Fsp3) is 0.421. The molecule has 0 bridgehead atoms. The molecule has 0 aliphatic carbocycles. The van der Waals surface area contributed by atoms with Crippen LogP contribution in [0.3, 0.4) is 0 Å². The van der Waals surface area contributed by atoms with Crippen molar-refractivity contribution >= 4 is 28.5 Å². The van der Waals surface area contributed by atoms with Crippen LogP contribution >= 0.6 is 11.6 Å². The van der Waals surface area contributed by atoms with E-state index in [2.05, 4.69) is 29.5 Å². The zero-order valence-electron chi connectivity index (χ0n) is 15.3. The Labute approximate surface area is 162 Å². The average molecular weight is 389 g/mol. The number of halogens is 2. The Hall–Kier alpha value is -2.25. The molecule has 0 radical (unpaired) electrons. The van der Waals surface area contributed by atoms with E-state index >= 15 is 0 Å². The summed E-state index contributed by atoms with van der Waals surface area (Å²) in [7, 11) is 0. The first-order valence-electron chi connectivity index (χ1n) is 9.19. The normalized spacial score (nSPS) is 15.6. The summed E-state index contributed by atoms with van der Waals surface area (Å²) < 4.78 is 15.5. The Kier molecular flexibility index (Phi) is 5.22. The van der Waals surface area contributed by atoms with Crippen LogP contribution < -0.4 is 4.90 Å². The molecule has 0 N–H and O–H groups in total. The smallest absolute Gasteiger partial charge is 0.151 e. The van der Waals surface area contributed by atoms with Gasteiger partial charge in [-0.2, -0.15) is 0 Å². The predicted molar refractivity (Wildman–Crippen MR) is 105 cm³/mol. The lowest BCUT2D eigenvalue weighted by Crippen LogP contribution is -2.47. The van der Waals surface area contributed by atoms with Gasteiger partial charge in [0.25, 0.3) is 0 Å². The molecule has 1 aliphatic rings. The van der Waals surface area contributed by atoms with E-state index in [0.717, 1.165) is 68.4 Å². The van der Waals surface area contributed by atoms with Crippen LogP contribution in [-0.2, 0) is 6.54 Å². The summed E-state index contributed by atoms with van der Waals surface area (Å²) in [6.45, 7) is 7.75. The minimum atomic E-state index is -0.240. The molecule has 142 valence electrons. The Morgan fingerprint density at radius 1 is 1.04 bits per heavy atom. The SMILES string of the molecule is Cc1nc2cc(F)ccc2n1CCCN1CCN(c2ccc(Cl)nn2)CC1. The summed E-state index contributed by atoms with van der Waals surface area (Å²) in [6.07, 6.45) is 1.03. The molecule has 2 aromatic heterocycles. The molecule has 1 aromatic carbocycles. The van der Waals surface area contributed by atoms with Gasteiger partial charge in [-0.05, 0) is 44.2 Å². The van der Waals surface area contributed by atoms with Crippen LogP contribution in [0.4, 0.5) is 10.2 Å². The fourth-order valence-corrected chi connectivity index (χ4v) is 3.74. The molecular formula is C19H22ClFN6. The Bertz CT molecular complexity index is 918. The number of anilines is 1. The number of rotatable bonds is 5. The van der Waals surface area contributed by atoms with Crippen LogP contribution in [-0.4, -0.2) is 57.4 Å². The fourth-order valence-electron chi connectivity index (χ4n) is 3.64. The maximum absolute atomic E-state index is 13.4. The van der Waals surface area contributed by atoms with Crippen LogP contribution in [0.2, 0.25) is 5.15 Å². The van der Waals surface area contributed by atoms with Gasteiger partial charge < -0.3 is 9.47 Å². The second-order valence-corrected chi connectivity index (χ2v) is 7.23. The van der Waals surface area contributed by atoms with Crippen molar-refractivity contribution in [1.82, 2.24) is 24.6 Å². The van der Waals surface area contributed by atoms with Crippen LogP contribution in [0.15, 0.2) is 30.3 Å². The van der Waals surface area contributed by atoms with Crippen molar-refractivity contribution in [2.75, 3.05) is 37.6 Å². The molecule has 4 rings (SSSR count). The highest BCUT2D eigenvalue weighted by atomic mass is 35.5. The molecule has 3 heterocycles. The molecular weight excluding hydrogens is 367 g/mol. The third-order valence-corrected chi connectivity index (χ3v) is 5.27. The summed E-state index contributed by atoms with van der Waals surface area (Å²) in [5.41, 5.74) is 1.73. The molecule has 1 fully saturated rings. The molecule has 0 spiro atoms. The van der Waals surface area contributed by atoms with Crippen LogP contribution in [0.25, 0.3) is 11.0 Å². The van der Waals surface area contributed by atoms with E-state index in [1.165, 1.54) is 12.1 Å². The highest BCUT2D eigenvalue weighted by Gasteiger charge is 2.18. The van der Waals surface area contributed by atoms with Crippen LogP contribution in [0.1, 0.15) is 12.2 Å². The second kappa shape index (κ2) is 7.78. The standard InChI is InChI=1S/C19H22ClFN6/c1-14-22-16-13-15(21)3-4-17(16)27(14)8-2-7-25-9-11-26(12-10-25)19-6-5-18(20)23-24-19/h3-6,13H,2,7-12H2,1H3. The Balaban J connectivity index is 1.29. The lowest BCUT2D eigenvalue weighted by atomic mass is 10.2. The number of benzene rings is 1. The van der Waals surface area contributed by atoms with Crippen molar-refractivity contribution < 1.29 is 4.39 Å². The van der Waals surface area contributed by atoms with Gasteiger partial charge in [-0.1, -0.05) is 11.6 Å². The zero-order valence-corrected chi connectivity index (χ0v) is 16.0. The van der Waals surface area contributed by atoms with Crippen LogP contribution in [0, 0.1) is 12.7 Å². The topological polar surface area (TPSA) is 50.1 Å². The first-order chi connectivity index (χ1) is 13.1. The molecule has 3 aromatic rings. The molecule has 6 nitrogen and oxygen atoms in total. The maximum atomic E-state index is 13.4. The van der Waals surface area contributed by atoms with Crippen molar-refractivity contribution in [2.24, 2.45) is 0 Å². The number of hydrogen-bond donors (Lipinski definition) is 0. The summed E-state index contributed by atoms with van der Waals surface area (Å²) in [5, 5.41) is 8.49. The molecule has 1 saturated heterocycles. The Morgan fingerprint density at radius 2 is 1.85 bits per heavy atom. The number of piperazine rings is 1. The highest BCUT2D eigenvalue weighted by molar-refractivity contribution is 6.29. The van der Waals surface area contributed by atoms with Crippen molar-refractivity contribution in [2.45, 2.75) is 19.9 Å². The van der Waals surface area contributed by atoms with Gasteiger partial charge in [0.15, 0.2) is 11.0 Å².